The van der Waals surface area contributed by atoms with Crippen LogP contribution in [0.3, 0.4) is 0 Å². The summed E-state index contributed by atoms with van der Waals surface area (Å²) in [5.74, 6) is -0.627. The minimum atomic E-state index is -1.11. The Hall–Kier alpha value is -1.41. The van der Waals surface area contributed by atoms with Gasteiger partial charge in [0, 0.05) is 18.0 Å². The summed E-state index contributed by atoms with van der Waals surface area (Å²) in [5.41, 5.74) is -1.11. The van der Waals surface area contributed by atoms with Crippen molar-refractivity contribution in [1.29, 1.82) is 0 Å². The lowest BCUT2D eigenvalue weighted by atomic mass is 10.0. The van der Waals surface area contributed by atoms with Gasteiger partial charge in [0.25, 0.3) is 5.91 Å². The summed E-state index contributed by atoms with van der Waals surface area (Å²) in [6.07, 6.45) is 0. The quantitative estimate of drug-likeness (QED) is 0.786. The van der Waals surface area contributed by atoms with Gasteiger partial charge in [-0.1, -0.05) is 0 Å². The van der Waals surface area contributed by atoms with Gasteiger partial charge in [-0.15, -0.1) is 11.3 Å². The van der Waals surface area contributed by atoms with E-state index in [0.717, 1.165) is 13.6 Å². The Balaban J connectivity index is 2.20. The van der Waals surface area contributed by atoms with Crippen molar-refractivity contribution in [2.45, 2.75) is 26.3 Å². The molecule has 1 aliphatic heterocycles. The molecule has 0 aliphatic carbocycles. The van der Waals surface area contributed by atoms with Crippen molar-refractivity contribution < 1.29 is 14.4 Å². The number of urea groups is 1. The summed E-state index contributed by atoms with van der Waals surface area (Å²) in [6, 6.07) is 3.09. The van der Waals surface area contributed by atoms with Crippen molar-refractivity contribution in [3.05, 3.63) is 20.8 Å². The normalized spacial score (nSPS) is 21.2. The number of carbonyl (C=O) groups excluding carboxylic acids is 3. The number of carbonyl (C=O) groups is 3. The maximum atomic E-state index is 12.6. The average Bonchev–Trinajstić information content (AvgIpc) is 2.99. The van der Waals surface area contributed by atoms with Gasteiger partial charge in [-0.3, -0.25) is 14.5 Å². The van der Waals surface area contributed by atoms with Crippen LogP contribution < -0.4 is 5.32 Å². The van der Waals surface area contributed by atoms with Gasteiger partial charge in [0.05, 0.1) is 3.79 Å². The van der Waals surface area contributed by atoms with Crippen LogP contribution in [0.15, 0.2) is 15.9 Å². The van der Waals surface area contributed by atoms with Gasteiger partial charge in [0.1, 0.15) is 6.54 Å². The molecule has 0 radical (unpaired) electrons. The number of likely N-dealkylation sites (N-methyl/N-ethyl adjacent to an activating group) is 1. The van der Waals surface area contributed by atoms with Crippen LogP contribution in [0, 0.1) is 0 Å². The molecule has 2 heterocycles. The van der Waals surface area contributed by atoms with Crippen LogP contribution in [0.1, 0.15) is 25.6 Å². The van der Waals surface area contributed by atoms with Crippen LogP contribution in [-0.2, 0) is 15.1 Å². The molecular weight excluding hydrogens is 370 g/mol. The first kappa shape index (κ1) is 17.0. The molecule has 1 aromatic heterocycles. The first-order valence-corrected chi connectivity index (χ1v) is 8.62. The third-order valence-corrected chi connectivity index (χ3v) is 5.60. The van der Waals surface area contributed by atoms with Crippen LogP contribution in [0.2, 0.25) is 0 Å². The van der Waals surface area contributed by atoms with E-state index in [1.807, 2.05) is 19.9 Å². The number of nitrogens with one attached hydrogen (secondary N) is 1. The van der Waals surface area contributed by atoms with E-state index in [0.29, 0.717) is 13.1 Å². The molecule has 4 amide bonds. The number of nitrogens with zero attached hydrogens (tertiary/aromatic N) is 2. The zero-order valence-corrected chi connectivity index (χ0v) is 15.1. The smallest absolute Gasteiger partial charge is 0.325 e. The molecule has 1 aromatic rings. The molecule has 1 aliphatic rings. The molecule has 2 rings (SSSR count). The van der Waals surface area contributed by atoms with Crippen LogP contribution >= 0.6 is 27.3 Å². The predicted molar refractivity (Wildman–Crippen MR) is 87.5 cm³/mol. The standard InChI is InChI=1S/C14H18BrN3O3S/c1-4-17(5-2)11(19)8-18-12(20)14(3,16-13(18)21)9-6-7-10(15)22-9/h6-7H,4-5,8H2,1-3H3,(H,16,21). The lowest BCUT2D eigenvalue weighted by molar-refractivity contribution is -0.138. The zero-order chi connectivity index (χ0) is 16.5. The molecule has 22 heavy (non-hydrogen) atoms. The van der Waals surface area contributed by atoms with E-state index in [1.54, 1.807) is 17.9 Å². The van der Waals surface area contributed by atoms with Gasteiger partial charge in [0.2, 0.25) is 5.91 Å². The van der Waals surface area contributed by atoms with E-state index >= 15 is 0 Å². The van der Waals surface area contributed by atoms with Crippen molar-refractivity contribution in [2.24, 2.45) is 0 Å². The molecule has 0 aromatic carbocycles. The topological polar surface area (TPSA) is 69.7 Å². The van der Waals surface area contributed by atoms with Crippen molar-refractivity contribution in [3.63, 3.8) is 0 Å². The lowest BCUT2D eigenvalue weighted by Gasteiger charge is -2.22. The third kappa shape index (κ3) is 2.89. The van der Waals surface area contributed by atoms with Gasteiger partial charge in [0.15, 0.2) is 5.54 Å². The van der Waals surface area contributed by atoms with E-state index in [2.05, 4.69) is 21.2 Å². The highest BCUT2D eigenvalue weighted by Crippen LogP contribution is 2.35. The van der Waals surface area contributed by atoms with Gasteiger partial charge in [-0.25, -0.2) is 4.79 Å². The Bertz CT molecular complexity index is 614. The SMILES string of the molecule is CCN(CC)C(=O)CN1C(=O)NC(C)(c2ccc(Br)s2)C1=O. The maximum absolute atomic E-state index is 12.6. The molecule has 1 atom stereocenters. The molecule has 1 unspecified atom stereocenters. The Morgan fingerprint density at radius 3 is 2.50 bits per heavy atom. The molecule has 8 heteroatoms. The molecule has 0 saturated carbocycles. The van der Waals surface area contributed by atoms with E-state index < -0.39 is 17.5 Å². The van der Waals surface area contributed by atoms with Crippen molar-refractivity contribution in [3.8, 4) is 0 Å². The second kappa shape index (κ2) is 6.37. The van der Waals surface area contributed by atoms with Crippen LogP contribution in [0.25, 0.3) is 0 Å². The molecule has 0 spiro atoms. The first-order chi connectivity index (χ1) is 10.3. The molecule has 0 bridgehead atoms. The lowest BCUT2D eigenvalue weighted by Crippen LogP contribution is -2.44. The molecule has 1 fully saturated rings. The number of thiophene rings is 1. The molecule has 120 valence electrons. The number of hydrogen-bond donors (Lipinski definition) is 1. The fourth-order valence-electron chi connectivity index (χ4n) is 2.40. The summed E-state index contributed by atoms with van der Waals surface area (Å²) in [4.78, 5) is 40.2. The van der Waals surface area contributed by atoms with Crippen molar-refractivity contribution in [1.82, 2.24) is 15.1 Å². The summed E-state index contributed by atoms with van der Waals surface area (Å²) < 4.78 is 0.878. The number of halogens is 1. The van der Waals surface area contributed by atoms with E-state index in [-0.39, 0.29) is 12.5 Å². The summed E-state index contributed by atoms with van der Waals surface area (Å²) >= 11 is 4.74. The highest BCUT2D eigenvalue weighted by molar-refractivity contribution is 9.11. The fraction of sp³-hybridized carbons (Fsp3) is 0.500. The van der Waals surface area contributed by atoms with Crippen LogP contribution in [0.5, 0.6) is 0 Å². The van der Waals surface area contributed by atoms with E-state index in [4.69, 9.17) is 0 Å². The van der Waals surface area contributed by atoms with Gasteiger partial charge >= 0.3 is 6.03 Å². The fourth-order valence-corrected chi connectivity index (χ4v) is 3.88. The summed E-state index contributed by atoms with van der Waals surface area (Å²) in [5, 5.41) is 2.70. The van der Waals surface area contributed by atoms with Gasteiger partial charge in [-0.2, -0.15) is 0 Å². The van der Waals surface area contributed by atoms with Crippen LogP contribution in [0.4, 0.5) is 4.79 Å². The number of hydrogen-bond acceptors (Lipinski definition) is 4. The van der Waals surface area contributed by atoms with Gasteiger partial charge < -0.3 is 10.2 Å². The second-order valence-electron chi connectivity index (χ2n) is 5.12. The Kier molecular flexibility index (Phi) is 4.91. The molecule has 1 N–H and O–H groups in total. The first-order valence-electron chi connectivity index (χ1n) is 7.01. The number of amides is 4. The minimum Gasteiger partial charge on any atom is -0.342 e. The van der Waals surface area contributed by atoms with Crippen LogP contribution in [-0.4, -0.2) is 47.3 Å². The highest BCUT2D eigenvalue weighted by Gasteiger charge is 2.50. The number of rotatable bonds is 5. The van der Waals surface area contributed by atoms with Crippen molar-refractivity contribution in [2.75, 3.05) is 19.6 Å². The second-order valence-corrected chi connectivity index (χ2v) is 7.58. The minimum absolute atomic E-state index is 0.228. The van der Waals surface area contributed by atoms with E-state index in [9.17, 15) is 14.4 Å². The highest BCUT2D eigenvalue weighted by atomic mass is 79.9. The van der Waals surface area contributed by atoms with E-state index in [1.165, 1.54) is 11.3 Å². The summed E-state index contributed by atoms with van der Waals surface area (Å²) in [6.45, 7) is 6.26. The zero-order valence-electron chi connectivity index (χ0n) is 12.7. The third-order valence-electron chi connectivity index (χ3n) is 3.75. The monoisotopic (exact) mass is 387 g/mol. The molecule has 6 nitrogen and oxygen atoms in total. The Labute approximate surface area is 141 Å². The van der Waals surface area contributed by atoms with Gasteiger partial charge in [-0.05, 0) is 48.8 Å². The largest absolute Gasteiger partial charge is 0.342 e. The summed E-state index contributed by atoms with van der Waals surface area (Å²) in [7, 11) is 0. The number of imide groups is 1. The maximum Gasteiger partial charge on any atom is 0.325 e. The van der Waals surface area contributed by atoms with Crippen molar-refractivity contribution >= 4 is 45.1 Å². The predicted octanol–water partition coefficient (Wildman–Crippen LogP) is 2.15. The Morgan fingerprint density at radius 2 is 2.00 bits per heavy atom. The molecule has 1 saturated heterocycles. The average molecular weight is 388 g/mol. The molecular formula is C14H18BrN3O3S. The Morgan fingerprint density at radius 1 is 1.36 bits per heavy atom.